The van der Waals surface area contributed by atoms with Crippen LogP contribution in [0.1, 0.15) is 101 Å². The summed E-state index contributed by atoms with van der Waals surface area (Å²) in [6, 6.07) is 0. The van der Waals surface area contributed by atoms with Gasteiger partial charge in [-0.3, -0.25) is 82.0 Å². The number of Topliss-reactive ketones (excluding diaryl/α,β-unsaturated/α-hetero) is 1. The monoisotopic (exact) mass is 1600 g/mol. The van der Waals surface area contributed by atoms with Gasteiger partial charge in [0.2, 0.25) is 41.5 Å². The average Bonchev–Trinajstić information content (AvgIpc) is 1.63. The van der Waals surface area contributed by atoms with Crippen molar-refractivity contribution >= 4 is 95.2 Å². The molecule has 0 spiro atoms. The number of allylic oxidation sites excluding steroid dienone is 5. The number of carboxylic acid groups (broad SMARTS) is 1. The molecule has 0 aromatic carbocycles. The van der Waals surface area contributed by atoms with Gasteiger partial charge in [-0.2, -0.15) is 0 Å². The number of hydrogen-bond acceptors (Lipinski definition) is 26. The number of rotatable bonds is 16. The lowest BCUT2D eigenvalue weighted by Gasteiger charge is -2.37. The van der Waals surface area contributed by atoms with Crippen LogP contribution in [0, 0.1) is 0 Å². The third kappa shape index (κ3) is 23.3. The van der Waals surface area contributed by atoms with Gasteiger partial charge >= 0.3 is 0 Å². The van der Waals surface area contributed by atoms with E-state index in [1.807, 2.05) is 0 Å². The van der Waals surface area contributed by atoms with E-state index in [0.29, 0.717) is 41.1 Å². The Morgan fingerprint density at radius 1 is 0.400 bits per heavy atom. The lowest BCUT2D eigenvalue weighted by molar-refractivity contribution is -0.150. The largest absolute Gasteiger partial charge is 0.481 e. The molecular weight excluding hydrogens is 1490 g/mol. The Morgan fingerprint density at radius 3 is 0.818 bits per heavy atom. The number of carbonyl (C=O) groups is 12. The SMILES string of the molecule is C=C1C(=O)[C@@H](N2C=CC(=O)CC2=O)O[C@H]1CO[Si](C)(C)C(C)(C)C.C=C1[C@H](CO)O[C@H](N2C=CC(=O)CC2=O)[C@@H]1O.C=C1[C@H](CO)O[C@H](N2C=CC(=O)CC2=O)[C@H]1O.C=C1[C@H](CO[Si](C)(C)C(C)(C)C)O[C@H](N2C=CC(=O)CC2=O)[C@@H]1O.C=C1[C@H](CO[Si](C)(C)C(C)(C)C)O[C@H](N2C=CC(=O)CC2=O)[C@H]1O.CC(=O)O. The zero-order chi connectivity index (χ0) is 83.6. The minimum absolute atomic E-state index is 0.0439. The Kier molecular flexibility index (Phi) is 31.9. The highest BCUT2D eigenvalue weighted by molar-refractivity contribution is 6.75. The summed E-state index contributed by atoms with van der Waals surface area (Å²) in [7, 11) is -5.88. The van der Waals surface area contributed by atoms with Gasteiger partial charge in [0.15, 0.2) is 78.8 Å². The molecule has 0 aliphatic carbocycles. The van der Waals surface area contributed by atoms with E-state index < -0.39 is 135 Å². The number of ether oxygens (including phenoxy) is 5. The van der Waals surface area contributed by atoms with E-state index in [9.17, 15) is 73.2 Å². The minimum Gasteiger partial charge on any atom is -0.481 e. The van der Waals surface area contributed by atoms with Crippen molar-refractivity contribution in [2.24, 2.45) is 0 Å². The van der Waals surface area contributed by atoms with E-state index in [1.165, 1.54) is 76.1 Å². The molecule has 10 heterocycles. The Labute approximate surface area is 644 Å². The maximum absolute atomic E-state index is 12.4. The fourth-order valence-corrected chi connectivity index (χ4v) is 13.6. The Bertz CT molecular complexity index is 3580. The summed E-state index contributed by atoms with van der Waals surface area (Å²) in [5.74, 6) is -4.60. The number of amides is 5. The normalized spacial score (nSPS) is 28.8. The summed E-state index contributed by atoms with van der Waals surface area (Å²) in [4.78, 5) is 142. The molecule has 5 amide bonds. The molecule has 110 heavy (non-hydrogen) atoms. The molecule has 0 unspecified atom stereocenters. The summed E-state index contributed by atoms with van der Waals surface area (Å²) in [6.07, 6.45) is 0.279. The van der Waals surface area contributed by atoms with Crippen LogP contribution in [0.15, 0.2) is 122 Å². The van der Waals surface area contributed by atoms with Gasteiger partial charge in [-0.05, 0) is 107 Å². The summed E-state index contributed by atoms with van der Waals surface area (Å²) in [5.41, 5.74) is 1.96. The summed E-state index contributed by atoms with van der Waals surface area (Å²) >= 11 is 0. The van der Waals surface area contributed by atoms with Gasteiger partial charge in [0.1, 0.15) is 54.9 Å². The maximum Gasteiger partial charge on any atom is 0.300 e. The number of carboxylic acids is 1. The van der Waals surface area contributed by atoms with Gasteiger partial charge in [-0.15, -0.1) is 0 Å². The van der Waals surface area contributed by atoms with Crippen molar-refractivity contribution in [3.05, 3.63) is 122 Å². The Hall–Kier alpha value is -7.67. The molecule has 32 nitrogen and oxygen atoms in total. The number of aliphatic hydroxyl groups is 6. The van der Waals surface area contributed by atoms with Crippen LogP contribution >= 0.6 is 0 Å². The highest BCUT2D eigenvalue weighted by Gasteiger charge is 2.50. The Morgan fingerprint density at radius 2 is 0.609 bits per heavy atom. The van der Waals surface area contributed by atoms with Gasteiger partial charge < -0.3 is 72.7 Å². The van der Waals surface area contributed by atoms with Gasteiger partial charge in [-0.1, -0.05) is 95.2 Å². The fourth-order valence-electron chi connectivity index (χ4n) is 10.6. The standard InChI is InChI=1S/2C17H27NO5Si.C17H25NO5Si.2C11H13NO5.C2H4O2/c3*1-11-13(10-22-24(5,6)17(2,3)4)23-16(15(11)21)18-8-7-12(19)9-14(18)20;2*1-6-8(5-13)17-11(10(6)16)12-3-2-7(14)4-9(12)15;1-2(3)4/h2*7-8,13,15-16,21H,1,9-10H2,2-6H3;7-8,13,16H,1,9-10H2,2-6H3;2*2-3,8,10-11,13,16H,1,4-5H2;1H3,(H,3,4)/t13-,15+,16-;13-,15-,16-;13-,16-;8-,10+,11-;8-,10-,11-;/m00000./s1. The summed E-state index contributed by atoms with van der Waals surface area (Å²) < 4.78 is 46.4. The van der Waals surface area contributed by atoms with E-state index >= 15 is 0 Å². The van der Waals surface area contributed by atoms with Gasteiger partial charge in [0, 0.05) is 43.5 Å². The first-order valence-corrected chi connectivity index (χ1v) is 44.3. The van der Waals surface area contributed by atoms with Crippen molar-refractivity contribution in [2.45, 2.75) is 242 Å². The third-order valence-corrected chi connectivity index (χ3v) is 34.3. The van der Waals surface area contributed by atoms with Crippen LogP contribution < -0.4 is 0 Å². The molecule has 10 aliphatic rings. The quantitative estimate of drug-likeness (QED) is 0.0495. The number of carbonyl (C=O) groups excluding carboxylic acids is 11. The number of aliphatic hydroxyl groups excluding tert-OH is 6. The summed E-state index contributed by atoms with van der Waals surface area (Å²) in [6.45, 7) is 52.2. The molecule has 7 N–H and O–H groups in total. The van der Waals surface area contributed by atoms with E-state index in [-0.39, 0.29) is 114 Å². The lowest BCUT2D eigenvalue weighted by Crippen LogP contribution is -2.45. The van der Waals surface area contributed by atoms with Crippen molar-refractivity contribution < 1.29 is 130 Å². The van der Waals surface area contributed by atoms with Gasteiger partial charge in [0.25, 0.3) is 5.97 Å². The molecule has 5 fully saturated rings. The molecular formula is C75H109N5O27Si3. The van der Waals surface area contributed by atoms with Crippen molar-refractivity contribution in [3.8, 4) is 0 Å². The molecule has 0 saturated carbocycles. The van der Waals surface area contributed by atoms with Crippen LogP contribution in [0.2, 0.25) is 54.4 Å². The molecule has 10 aliphatic heterocycles. The summed E-state index contributed by atoms with van der Waals surface area (Å²) in [5, 5.41) is 66.0. The maximum atomic E-state index is 12.4. The van der Waals surface area contributed by atoms with E-state index in [1.54, 1.807) is 0 Å². The molecule has 608 valence electrons. The van der Waals surface area contributed by atoms with Crippen LogP contribution in [-0.4, -0.2) is 275 Å². The predicted octanol–water partition coefficient (Wildman–Crippen LogP) is 4.07. The van der Waals surface area contributed by atoms with Crippen LogP contribution in [0.5, 0.6) is 0 Å². The van der Waals surface area contributed by atoms with E-state index in [2.05, 4.69) is 134 Å². The van der Waals surface area contributed by atoms with Crippen LogP contribution in [0.25, 0.3) is 0 Å². The third-order valence-electron chi connectivity index (χ3n) is 20.8. The zero-order valence-electron chi connectivity index (χ0n) is 65.5. The molecule has 35 heteroatoms. The molecule has 0 aromatic rings. The highest BCUT2D eigenvalue weighted by atomic mass is 28.4. The molecule has 10 rings (SSSR count). The molecule has 0 radical (unpaired) electrons. The minimum atomic E-state index is -1.98. The van der Waals surface area contributed by atoms with Crippen molar-refractivity contribution in [1.29, 1.82) is 0 Å². The smallest absolute Gasteiger partial charge is 0.300 e. The van der Waals surface area contributed by atoms with Crippen LogP contribution in [0.4, 0.5) is 0 Å². The molecule has 0 bridgehead atoms. The van der Waals surface area contributed by atoms with Crippen molar-refractivity contribution in [3.63, 3.8) is 0 Å². The number of aliphatic carboxylic acids is 1. The Balaban J connectivity index is 0.000000245. The molecule has 14 atom stereocenters. The van der Waals surface area contributed by atoms with Gasteiger partial charge in [-0.25, -0.2) is 0 Å². The second kappa shape index (κ2) is 37.8. The number of hydrogen-bond donors (Lipinski definition) is 7. The van der Waals surface area contributed by atoms with Crippen LogP contribution in [0.3, 0.4) is 0 Å². The molecule has 5 saturated heterocycles. The first kappa shape index (κ1) is 92.9. The first-order chi connectivity index (χ1) is 50.6. The van der Waals surface area contributed by atoms with E-state index in [0.717, 1.165) is 16.7 Å². The zero-order valence-corrected chi connectivity index (χ0v) is 68.5. The van der Waals surface area contributed by atoms with Crippen molar-refractivity contribution in [2.75, 3.05) is 33.0 Å². The highest BCUT2D eigenvalue weighted by Crippen LogP contribution is 2.42. The van der Waals surface area contributed by atoms with E-state index in [4.69, 9.17) is 57.1 Å². The number of nitrogens with zero attached hydrogens (tertiary/aromatic N) is 5. The fraction of sp³-hybridized carbons (Fsp3) is 0.573. The van der Waals surface area contributed by atoms with Crippen molar-refractivity contribution in [1.82, 2.24) is 24.5 Å². The lowest BCUT2D eigenvalue weighted by atomic mass is 10.1. The topological polar surface area (TPSA) is 436 Å². The van der Waals surface area contributed by atoms with Crippen LogP contribution in [-0.2, 0) is 94.5 Å². The average molecular weight is 1600 g/mol. The predicted molar refractivity (Wildman–Crippen MR) is 403 cm³/mol. The van der Waals surface area contributed by atoms with Gasteiger partial charge in [0.05, 0.1) is 65.1 Å². The molecule has 0 aromatic heterocycles. The second-order valence-corrected chi connectivity index (χ2v) is 46.3. The second-order valence-electron chi connectivity index (χ2n) is 31.9. The number of ketones is 6. The first-order valence-electron chi connectivity index (χ1n) is 35.5.